The number of nitrogens with zero attached hydrogens (tertiary/aromatic N) is 2. The van der Waals surface area contributed by atoms with Crippen LogP contribution in [-0.2, 0) is 16.2 Å². The summed E-state index contributed by atoms with van der Waals surface area (Å²) in [5, 5.41) is 0. The first kappa shape index (κ1) is 20.6. The third-order valence-corrected chi connectivity index (χ3v) is 7.33. The molecule has 0 radical (unpaired) electrons. The number of carbonyl (C=O) groups is 2. The van der Waals surface area contributed by atoms with Crippen molar-refractivity contribution in [2.24, 2.45) is 0 Å². The Kier molecular flexibility index (Phi) is 5.13. The van der Waals surface area contributed by atoms with Gasteiger partial charge in [-0.05, 0) is 48.0 Å². The Morgan fingerprint density at radius 2 is 1.88 bits per heavy atom. The molecule has 1 spiro atoms. The average Bonchev–Trinajstić information content (AvgIpc) is 3.36. The zero-order chi connectivity index (χ0) is 22.3. The van der Waals surface area contributed by atoms with Gasteiger partial charge in [0.1, 0.15) is 11.6 Å². The molecule has 2 heterocycles. The molecule has 2 amide bonds. The van der Waals surface area contributed by atoms with E-state index in [1.807, 2.05) is 48.5 Å². The topological polar surface area (TPSA) is 49.9 Å². The lowest BCUT2D eigenvalue weighted by molar-refractivity contribution is -0.123. The Labute approximate surface area is 189 Å². The standard InChI is InChI=1S/C25H21FN2O3S/c1-31-20-6-4-5-17(15-20)16-27-22-8-3-2-7-21(22)25(24(27)30)28(13-14-32-25)23(29)18-9-11-19(26)12-10-18/h2-12,15H,13-14,16H2,1H3/t25-/m1/s1. The zero-order valence-electron chi connectivity index (χ0n) is 17.5. The van der Waals surface area contributed by atoms with Gasteiger partial charge in [-0.1, -0.05) is 30.3 Å². The summed E-state index contributed by atoms with van der Waals surface area (Å²) >= 11 is 1.47. The molecule has 5 rings (SSSR count). The lowest BCUT2D eigenvalue weighted by Crippen LogP contribution is -2.50. The molecule has 3 aromatic carbocycles. The van der Waals surface area contributed by atoms with Crippen molar-refractivity contribution in [2.75, 3.05) is 24.3 Å². The van der Waals surface area contributed by atoms with Crippen molar-refractivity contribution in [3.63, 3.8) is 0 Å². The van der Waals surface area contributed by atoms with E-state index >= 15 is 0 Å². The maximum Gasteiger partial charge on any atom is 0.268 e. The van der Waals surface area contributed by atoms with Crippen molar-refractivity contribution in [3.8, 4) is 5.75 Å². The number of thioether (sulfide) groups is 1. The van der Waals surface area contributed by atoms with Crippen molar-refractivity contribution in [1.82, 2.24) is 4.90 Å². The molecule has 0 bridgehead atoms. The molecule has 2 aliphatic heterocycles. The third-order valence-electron chi connectivity index (χ3n) is 5.91. The number of amides is 2. The van der Waals surface area contributed by atoms with Gasteiger partial charge in [0.15, 0.2) is 4.87 Å². The fourth-order valence-corrected chi connectivity index (χ4v) is 5.89. The molecule has 2 aliphatic rings. The van der Waals surface area contributed by atoms with Gasteiger partial charge in [-0.15, -0.1) is 11.8 Å². The second kappa shape index (κ2) is 7.98. The van der Waals surface area contributed by atoms with Crippen LogP contribution in [0.15, 0.2) is 72.8 Å². The predicted octanol–water partition coefficient (Wildman–Crippen LogP) is 4.42. The van der Waals surface area contributed by atoms with Crippen molar-refractivity contribution >= 4 is 29.3 Å². The van der Waals surface area contributed by atoms with Crippen molar-refractivity contribution in [2.45, 2.75) is 11.4 Å². The Morgan fingerprint density at radius 3 is 2.66 bits per heavy atom. The quantitative estimate of drug-likeness (QED) is 0.593. The van der Waals surface area contributed by atoms with E-state index < -0.39 is 10.7 Å². The van der Waals surface area contributed by atoms with E-state index in [0.717, 1.165) is 22.6 Å². The molecular weight excluding hydrogens is 427 g/mol. The first-order valence-electron chi connectivity index (χ1n) is 10.3. The molecule has 7 heteroatoms. The Hall–Kier alpha value is -3.32. The van der Waals surface area contributed by atoms with Crippen LogP contribution in [0.3, 0.4) is 0 Å². The highest BCUT2D eigenvalue weighted by Gasteiger charge is 2.59. The zero-order valence-corrected chi connectivity index (χ0v) is 18.3. The van der Waals surface area contributed by atoms with Crippen LogP contribution in [0.1, 0.15) is 21.5 Å². The largest absolute Gasteiger partial charge is 0.497 e. The predicted molar refractivity (Wildman–Crippen MR) is 122 cm³/mol. The van der Waals surface area contributed by atoms with E-state index in [2.05, 4.69) is 0 Å². The smallest absolute Gasteiger partial charge is 0.268 e. The molecule has 0 N–H and O–H groups in total. The monoisotopic (exact) mass is 448 g/mol. The highest BCUT2D eigenvalue weighted by molar-refractivity contribution is 8.01. The summed E-state index contributed by atoms with van der Waals surface area (Å²) in [6, 6.07) is 20.7. The molecule has 32 heavy (non-hydrogen) atoms. The van der Waals surface area contributed by atoms with Gasteiger partial charge in [-0.3, -0.25) is 9.59 Å². The number of fused-ring (bicyclic) bond motifs is 2. The number of benzene rings is 3. The van der Waals surface area contributed by atoms with Crippen molar-refractivity contribution in [1.29, 1.82) is 0 Å². The van der Waals surface area contributed by atoms with Crippen LogP contribution in [0, 0.1) is 5.82 Å². The second-order valence-corrected chi connectivity index (χ2v) is 9.00. The number of hydrogen-bond acceptors (Lipinski definition) is 4. The average molecular weight is 449 g/mol. The molecule has 0 aliphatic carbocycles. The number of methoxy groups -OCH3 is 1. The number of anilines is 1. The Bertz CT molecular complexity index is 1200. The molecular formula is C25H21FN2O3S. The highest BCUT2D eigenvalue weighted by Crippen LogP contribution is 2.54. The van der Waals surface area contributed by atoms with Gasteiger partial charge in [0.2, 0.25) is 0 Å². The first-order chi connectivity index (χ1) is 15.5. The number of rotatable bonds is 4. The summed E-state index contributed by atoms with van der Waals surface area (Å²) in [7, 11) is 1.61. The minimum absolute atomic E-state index is 0.139. The minimum atomic E-state index is -1.12. The van der Waals surface area contributed by atoms with Crippen LogP contribution in [0.5, 0.6) is 5.75 Å². The fraction of sp³-hybridized carbons (Fsp3) is 0.200. The maximum atomic E-state index is 14.0. The number of halogens is 1. The summed E-state index contributed by atoms with van der Waals surface area (Å²) in [5.41, 5.74) is 2.91. The molecule has 1 fully saturated rings. The molecule has 1 saturated heterocycles. The van der Waals surface area contributed by atoms with Crippen LogP contribution in [0.4, 0.5) is 10.1 Å². The first-order valence-corrected chi connectivity index (χ1v) is 11.3. The molecule has 1 atom stereocenters. The van der Waals surface area contributed by atoms with E-state index in [-0.39, 0.29) is 11.8 Å². The molecule has 3 aromatic rings. The van der Waals surface area contributed by atoms with Gasteiger partial charge in [0.05, 0.1) is 19.3 Å². The maximum absolute atomic E-state index is 14.0. The molecule has 162 valence electrons. The van der Waals surface area contributed by atoms with E-state index in [1.54, 1.807) is 16.9 Å². The van der Waals surface area contributed by atoms with Crippen LogP contribution < -0.4 is 9.64 Å². The normalized spacial score (nSPS) is 19.5. The van der Waals surface area contributed by atoms with E-state index in [9.17, 15) is 14.0 Å². The molecule has 5 nitrogen and oxygen atoms in total. The van der Waals surface area contributed by atoms with Gasteiger partial charge in [0.25, 0.3) is 11.8 Å². The van der Waals surface area contributed by atoms with Crippen LogP contribution in [0.2, 0.25) is 0 Å². The molecule has 0 unspecified atom stereocenters. The van der Waals surface area contributed by atoms with E-state index in [1.165, 1.54) is 36.0 Å². The van der Waals surface area contributed by atoms with Crippen LogP contribution in [-0.4, -0.2) is 36.1 Å². The third kappa shape index (κ3) is 3.15. The molecule has 0 saturated carbocycles. The van der Waals surface area contributed by atoms with Gasteiger partial charge >= 0.3 is 0 Å². The number of carbonyl (C=O) groups excluding carboxylic acids is 2. The fourth-order valence-electron chi connectivity index (χ4n) is 4.43. The van der Waals surface area contributed by atoms with E-state index in [4.69, 9.17) is 4.74 Å². The summed E-state index contributed by atoms with van der Waals surface area (Å²) in [6.45, 7) is 0.807. The lowest BCUT2D eigenvalue weighted by atomic mass is 10.0. The second-order valence-electron chi connectivity index (χ2n) is 7.72. The number of ether oxygens (including phenoxy) is 1. The van der Waals surface area contributed by atoms with Gasteiger partial charge < -0.3 is 14.5 Å². The van der Waals surface area contributed by atoms with Gasteiger partial charge in [-0.25, -0.2) is 4.39 Å². The van der Waals surface area contributed by atoms with Crippen molar-refractivity contribution < 1.29 is 18.7 Å². The summed E-state index contributed by atoms with van der Waals surface area (Å²) in [6.07, 6.45) is 0. The van der Waals surface area contributed by atoms with Gasteiger partial charge in [-0.2, -0.15) is 0 Å². The minimum Gasteiger partial charge on any atom is -0.497 e. The SMILES string of the molecule is COc1cccc(CN2C(=O)[C@]3(SCCN3C(=O)c3ccc(F)cc3)c3ccccc32)c1. The Morgan fingerprint density at radius 1 is 1.09 bits per heavy atom. The summed E-state index contributed by atoms with van der Waals surface area (Å²) in [5.74, 6) is 0.542. The van der Waals surface area contributed by atoms with Crippen LogP contribution in [0.25, 0.3) is 0 Å². The molecule has 0 aromatic heterocycles. The summed E-state index contributed by atoms with van der Waals surface area (Å²) in [4.78, 5) is 29.6. The van der Waals surface area contributed by atoms with Crippen molar-refractivity contribution in [3.05, 3.63) is 95.3 Å². The number of para-hydroxylation sites is 1. The number of hydrogen-bond donors (Lipinski definition) is 0. The summed E-state index contributed by atoms with van der Waals surface area (Å²) < 4.78 is 18.7. The van der Waals surface area contributed by atoms with Gasteiger partial charge in [0, 0.05) is 23.4 Å². The van der Waals surface area contributed by atoms with E-state index in [0.29, 0.717) is 24.4 Å². The lowest BCUT2D eigenvalue weighted by Gasteiger charge is -2.33. The Balaban J connectivity index is 1.55. The van der Waals surface area contributed by atoms with Crippen LogP contribution >= 0.6 is 11.8 Å². The highest BCUT2D eigenvalue weighted by atomic mass is 32.2.